The Morgan fingerprint density at radius 3 is 2.78 bits per heavy atom. The summed E-state index contributed by atoms with van der Waals surface area (Å²) in [7, 11) is 0. The zero-order chi connectivity index (χ0) is 13.1. The summed E-state index contributed by atoms with van der Waals surface area (Å²) in [5, 5.41) is 13.5. The van der Waals surface area contributed by atoms with E-state index >= 15 is 0 Å². The average molecular weight is 367 g/mol. The number of rotatable bonds is 5. The van der Waals surface area contributed by atoms with Crippen LogP contribution in [-0.4, -0.2) is 10.2 Å². The van der Waals surface area contributed by atoms with E-state index in [1.165, 1.54) is 4.88 Å². The molecule has 7 heteroatoms. The van der Waals surface area contributed by atoms with Crippen LogP contribution in [0.4, 0.5) is 5.13 Å². The van der Waals surface area contributed by atoms with E-state index in [-0.39, 0.29) is 0 Å². The van der Waals surface area contributed by atoms with Crippen LogP contribution in [0.3, 0.4) is 0 Å². The molecule has 2 rings (SSSR count). The number of thiophene rings is 1. The molecule has 0 spiro atoms. The van der Waals surface area contributed by atoms with Gasteiger partial charge in [0.25, 0.3) is 0 Å². The zero-order valence-corrected chi connectivity index (χ0v) is 14.0. The zero-order valence-electron chi connectivity index (χ0n) is 10.0. The topological polar surface area (TPSA) is 37.8 Å². The first-order valence-electron chi connectivity index (χ1n) is 5.54. The molecule has 0 fully saturated rings. The van der Waals surface area contributed by atoms with E-state index in [2.05, 4.69) is 45.3 Å². The molecule has 0 aliphatic heterocycles. The largest absolute Gasteiger partial charge is 0.355 e. The van der Waals surface area contributed by atoms with Crippen molar-refractivity contribution >= 4 is 55.3 Å². The first-order chi connectivity index (χ1) is 8.54. The molecule has 0 amide bonds. The van der Waals surface area contributed by atoms with Crippen molar-refractivity contribution in [2.45, 2.75) is 26.8 Å². The first-order valence-corrected chi connectivity index (χ1v) is 8.35. The van der Waals surface area contributed by atoms with Gasteiger partial charge in [-0.25, -0.2) is 0 Å². The monoisotopic (exact) mass is 365 g/mol. The third-order valence-corrected chi connectivity index (χ3v) is 5.54. The van der Waals surface area contributed by atoms with Crippen LogP contribution < -0.4 is 5.32 Å². The van der Waals surface area contributed by atoms with Crippen LogP contribution in [0.25, 0.3) is 0 Å². The molecule has 1 N–H and O–H groups in total. The highest BCUT2D eigenvalue weighted by Gasteiger charge is 2.08. The second-order valence-corrected chi connectivity index (χ2v) is 7.94. The molecule has 98 valence electrons. The Morgan fingerprint density at radius 1 is 1.39 bits per heavy atom. The number of anilines is 1. The maximum Gasteiger partial charge on any atom is 0.205 e. The van der Waals surface area contributed by atoms with Crippen LogP contribution in [0.15, 0.2) is 10.5 Å². The van der Waals surface area contributed by atoms with Gasteiger partial charge >= 0.3 is 0 Å². The Morgan fingerprint density at radius 2 is 2.17 bits per heavy atom. The number of hydrogen-bond acceptors (Lipinski definition) is 5. The van der Waals surface area contributed by atoms with Crippen molar-refractivity contribution < 1.29 is 0 Å². The van der Waals surface area contributed by atoms with Gasteiger partial charge in [0.05, 0.1) is 6.54 Å². The van der Waals surface area contributed by atoms with Crippen molar-refractivity contribution in [3.05, 3.63) is 24.8 Å². The lowest BCUT2D eigenvalue weighted by Gasteiger charge is -1.98. The molecular formula is C11H13BrClN3S2. The third kappa shape index (κ3) is 3.91. The van der Waals surface area contributed by atoms with Crippen molar-refractivity contribution in [1.29, 1.82) is 0 Å². The van der Waals surface area contributed by atoms with Gasteiger partial charge in [-0.05, 0) is 27.9 Å². The molecule has 0 saturated carbocycles. The van der Waals surface area contributed by atoms with Gasteiger partial charge < -0.3 is 5.32 Å². The van der Waals surface area contributed by atoms with E-state index in [4.69, 9.17) is 11.6 Å². The molecule has 3 nitrogen and oxygen atoms in total. The molecule has 0 aliphatic carbocycles. The van der Waals surface area contributed by atoms with Gasteiger partial charge in [-0.3, -0.25) is 0 Å². The molecule has 0 atom stereocenters. The fourth-order valence-electron chi connectivity index (χ4n) is 1.40. The summed E-state index contributed by atoms with van der Waals surface area (Å²) in [6, 6.07) is 2.02. The Kier molecular flexibility index (Phi) is 5.00. The summed E-state index contributed by atoms with van der Waals surface area (Å²) in [5.41, 5.74) is 0. The molecule has 2 aromatic heterocycles. The molecule has 0 radical (unpaired) electrons. The van der Waals surface area contributed by atoms with Crippen LogP contribution in [0, 0.1) is 5.92 Å². The lowest BCUT2D eigenvalue weighted by atomic mass is 10.1. The molecule has 2 heterocycles. The third-order valence-electron chi connectivity index (χ3n) is 2.16. The minimum absolute atomic E-state index is 0.609. The van der Waals surface area contributed by atoms with Crippen molar-refractivity contribution in [2.24, 2.45) is 5.92 Å². The second-order valence-electron chi connectivity index (χ2n) is 4.29. The fourth-order valence-corrected chi connectivity index (χ4v) is 4.08. The summed E-state index contributed by atoms with van der Waals surface area (Å²) < 4.78 is 1.73. The van der Waals surface area contributed by atoms with Crippen LogP contribution >= 0.6 is 50.2 Å². The summed E-state index contributed by atoms with van der Waals surface area (Å²) in [6.07, 6.45) is 0.982. The normalized spacial score (nSPS) is 11.2. The van der Waals surface area contributed by atoms with Gasteiger partial charge in [-0.2, -0.15) is 0 Å². The van der Waals surface area contributed by atoms with E-state index in [1.54, 1.807) is 22.7 Å². The van der Waals surface area contributed by atoms with Crippen molar-refractivity contribution in [1.82, 2.24) is 10.2 Å². The summed E-state index contributed by atoms with van der Waals surface area (Å²) in [6.45, 7) is 5.09. The minimum atomic E-state index is 0.609. The first kappa shape index (κ1) is 14.2. The van der Waals surface area contributed by atoms with Crippen molar-refractivity contribution in [2.75, 3.05) is 5.32 Å². The van der Waals surface area contributed by atoms with Gasteiger partial charge in [0, 0.05) is 15.8 Å². The van der Waals surface area contributed by atoms with Crippen LogP contribution in [0.1, 0.15) is 23.7 Å². The SMILES string of the molecule is CC(C)Cc1nnc(NCc2cc(Br)c(Cl)s2)s1. The van der Waals surface area contributed by atoms with Gasteiger partial charge in [0.15, 0.2) is 0 Å². The highest BCUT2D eigenvalue weighted by atomic mass is 79.9. The minimum Gasteiger partial charge on any atom is -0.355 e. The van der Waals surface area contributed by atoms with Gasteiger partial charge in [0.2, 0.25) is 5.13 Å². The fraction of sp³-hybridized carbons (Fsp3) is 0.455. The molecule has 0 bridgehead atoms. The molecule has 18 heavy (non-hydrogen) atoms. The Bertz CT molecular complexity index is 505. The predicted octanol–water partition coefficient (Wildman–Crippen LogP) is 4.83. The lowest BCUT2D eigenvalue weighted by Crippen LogP contribution is -1.96. The quantitative estimate of drug-likeness (QED) is 0.824. The number of nitrogens with zero attached hydrogens (tertiary/aromatic N) is 2. The average Bonchev–Trinajstić information content (AvgIpc) is 2.84. The Hall–Kier alpha value is -0.170. The predicted molar refractivity (Wildman–Crippen MR) is 82.8 cm³/mol. The number of nitrogens with one attached hydrogen (secondary N) is 1. The highest BCUT2D eigenvalue weighted by Crippen LogP contribution is 2.32. The Balaban J connectivity index is 1.92. The van der Waals surface area contributed by atoms with E-state index in [0.29, 0.717) is 5.92 Å². The van der Waals surface area contributed by atoms with E-state index in [0.717, 1.165) is 31.9 Å². The molecule has 0 aliphatic rings. The smallest absolute Gasteiger partial charge is 0.205 e. The van der Waals surface area contributed by atoms with Crippen molar-refractivity contribution in [3.63, 3.8) is 0 Å². The van der Waals surface area contributed by atoms with Crippen LogP contribution in [-0.2, 0) is 13.0 Å². The van der Waals surface area contributed by atoms with E-state index in [1.807, 2.05) is 6.07 Å². The summed E-state index contributed by atoms with van der Waals surface area (Å²) in [5.74, 6) is 0.609. The number of hydrogen-bond donors (Lipinski definition) is 1. The molecule has 0 aromatic carbocycles. The molecule has 0 saturated heterocycles. The van der Waals surface area contributed by atoms with Crippen LogP contribution in [0.2, 0.25) is 4.34 Å². The molecule has 2 aromatic rings. The highest BCUT2D eigenvalue weighted by molar-refractivity contribution is 9.10. The maximum atomic E-state index is 5.99. The standard InChI is InChI=1S/C11H13BrClN3S2/c1-6(2)3-9-15-16-11(18-9)14-5-7-4-8(12)10(13)17-7/h4,6H,3,5H2,1-2H3,(H,14,16). The van der Waals surface area contributed by atoms with Crippen molar-refractivity contribution in [3.8, 4) is 0 Å². The summed E-state index contributed by atoms with van der Waals surface area (Å²) in [4.78, 5) is 1.17. The summed E-state index contributed by atoms with van der Waals surface area (Å²) >= 11 is 12.6. The number of aromatic nitrogens is 2. The molecule has 0 unspecified atom stereocenters. The van der Waals surface area contributed by atoms with Gasteiger partial charge in [-0.15, -0.1) is 21.5 Å². The van der Waals surface area contributed by atoms with Gasteiger partial charge in [0.1, 0.15) is 9.34 Å². The maximum absolute atomic E-state index is 5.99. The second kappa shape index (κ2) is 6.32. The lowest BCUT2D eigenvalue weighted by molar-refractivity contribution is 0.640. The molecular weight excluding hydrogens is 354 g/mol. The Labute approximate surface area is 128 Å². The van der Waals surface area contributed by atoms with Gasteiger partial charge in [-0.1, -0.05) is 36.8 Å². The van der Waals surface area contributed by atoms with E-state index in [9.17, 15) is 0 Å². The number of halogens is 2. The van der Waals surface area contributed by atoms with E-state index < -0.39 is 0 Å². The van der Waals surface area contributed by atoms with Crippen LogP contribution in [0.5, 0.6) is 0 Å².